The first-order chi connectivity index (χ1) is 12.2. The third-order valence-corrected chi connectivity index (χ3v) is 4.26. The van der Waals surface area contributed by atoms with Gasteiger partial charge in [-0.2, -0.15) is 13.2 Å². The van der Waals surface area contributed by atoms with E-state index in [4.69, 9.17) is 4.74 Å². The topological polar surface area (TPSA) is 61.9 Å². The second-order valence-electron chi connectivity index (χ2n) is 5.93. The molecule has 0 spiro atoms. The normalized spacial score (nSPS) is 16.9. The van der Waals surface area contributed by atoms with Crippen LogP contribution in [-0.2, 0) is 15.7 Å². The van der Waals surface area contributed by atoms with Crippen molar-refractivity contribution in [3.8, 4) is 0 Å². The van der Waals surface area contributed by atoms with Crippen LogP contribution >= 0.6 is 0 Å². The van der Waals surface area contributed by atoms with Crippen molar-refractivity contribution in [1.82, 2.24) is 9.80 Å². The number of alkyl halides is 3. The smallest absolute Gasteiger partial charge is 0.418 e. The first-order valence-electron chi connectivity index (χ1n) is 8.37. The highest BCUT2D eigenvalue weighted by Crippen LogP contribution is 2.34. The summed E-state index contributed by atoms with van der Waals surface area (Å²) in [6.45, 7) is 5.31. The van der Waals surface area contributed by atoms with Crippen LogP contribution in [0.5, 0.6) is 0 Å². The first kappa shape index (κ1) is 20.0. The summed E-state index contributed by atoms with van der Waals surface area (Å²) in [5.41, 5.74) is -1.14. The molecule has 1 fully saturated rings. The van der Waals surface area contributed by atoms with Crippen LogP contribution in [0.25, 0.3) is 0 Å². The molecular weight excluding hydrogens is 351 g/mol. The molecule has 1 aromatic rings. The number of carbonyl (C=O) groups is 2. The van der Waals surface area contributed by atoms with E-state index in [1.54, 1.807) is 18.7 Å². The number of anilines is 1. The van der Waals surface area contributed by atoms with Gasteiger partial charge in [-0.1, -0.05) is 12.1 Å². The van der Waals surface area contributed by atoms with Crippen LogP contribution in [0.15, 0.2) is 24.3 Å². The van der Waals surface area contributed by atoms with E-state index in [0.717, 1.165) is 6.07 Å². The number of piperazine rings is 1. The molecular formula is C17H22F3N3O3. The molecule has 0 bridgehead atoms. The summed E-state index contributed by atoms with van der Waals surface area (Å²) in [6, 6.07) is 4.25. The summed E-state index contributed by atoms with van der Waals surface area (Å²) >= 11 is 0. The van der Waals surface area contributed by atoms with Gasteiger partial charge in [0.2, 0.25) is 5.91 Å². The first-order valence-corrected chi connectivity index (χ1v) is 8.37. The molecule has 1 atom stereocenters. The quantitative estimate of drug-likeness (QED) is 0.882. The zero-order valence-electron chi connectivity index (χ0n) is 14.7. The Kier molecular flexibility index (Phi) is 6.47. The van der Waals surface area contributed by atoms with Crippen molar-refractivity contribution >= 4 is 17.7 Å². The summed E-state index contributed by atoms with van der Waals surface area (Å²) in [6.07, 6.45) is -4.94. The Morgan fingerprint density at radius 3 is 2.38 bits per heavy atom. The monoisotopic (exact) mass is 373 g/mol. The lowest BCUT2D eigenvalue weighted by atomic mass is 10.1. The maximum atomic E-state index is 13.0. The van der Waals surface area contributed by atoms with E-state index in [2.05, 4.69) is 5.32 Å². The van der Waals surface area contributed by atoms with Crippen LogP contribution in [0.2, 0.25) is 0 Å². The van der Waals surface area contributed by atoms with Gasteiger partial charge in [-0.05, 0) is 26.0 Å². The lowest BCUT2D eigenvalue weighted by Gasteiger charge is -2.36. The summed E-state index contributed by atoms with van der Waals surface area (Å²) in [5, 5.41) is 2.36. The summed E-state index contributed by atoms with van der Waals surface area (Å²) in [7, 11) is 0. The number of hydrogen-bond acceptors (Lipinski definition) is 4. The Balaban J connectivity index is 1.96. The number of rotatable bonds is 4. The molecule has 1 heterocycles. The number of nitrogens with one attached hydrogen (secondary N) is 1. The Labute approximate surface area is 149 Å². The van der Waals surface area contributed by atoms with Gasteiger partial charge in [-0.25, -0.2) is 4.79 Å². The molecule has 1 aromatic carbocycles. The van der Waals surface area contributed by atoms with Crippen LogP contribution in [0.3, 0.4) is 0 Å². The van der Waals surface area contributed by atoms with Gasteiger partial charge in [0.05, 0.1) is 23.9 Å². The molecule has 2 rings (SSSR count). The molecule has 6 nitrogen and oxygen atoms in total. The van der Waals surface area contributed by atoms with Crippen molar-refractivity contribution in [3.05, 3.63) is 29.8 Å². The van der Waals surface area contributed by atoms with Crippen LogP contribution in [0, 0.1) is 0 Å². The van der Waals surface area contributed by atoms with E-state index in [0.29, 0.717) is 26.2 Å². The standard InChI is InChI=1S/C17H22F3N3O3/c1-3-26-16(25)23-10-8-22(9-11-23)12(2)15(24)21-14-7-5-4-6-13(14)17(18,19)20/h4-7,12H,3,8-11H2,1-2H3,(H,21,24)/t12-/m1/s1. The average Bonchev–Trinajstić information content (AvgIpc) is 2.61. The lowest BCUT2D eigenvalue weighted by Crippen LogP contribution is -2.54. The largest absolute Gasteiger partial charge is 0.450 e. The zero-order chi connectivity index (χ0) is 19.3. The van der Waals surface area contributed by atoms with Gasteiger partial charge < -0.3 is 15.0 Å². The van der Waals surface area contributed by atoms with Gasteiger partial charge in [0, 0.05) is 26.2 Å². The summed E-state index contributed by atoms with van der Waals surface area (Å²) < 4.78 is 44.0. The second kappa shape index (κ2) is 8.39. The number of ether oxygens (including phenoxy) is 1. The molecule has 1 aliphatic heterocycles. The number of carbonyl (C=O) groups excluding carboxylic acids is 2. The van der Waals surface area contributed by atoms with E-state index in [1.807, 2.05) is 4.90 Å². The number of nitrogens with zero attached hydrogens (tertiary/aromatic N) is 2. The van der Waals surface area contributed by atoms with Gasteiger partial charge in [0.1, 0.15) is 0 Å². The fourth-order valence-electron chi connectivity index (χ4n) is 2.75. The minimum Gasteiger partial charge on any atom is -0.450 e. The molecule has 1 N–H and O–H groups in total. The number of halogens is 3. The molecule has 144 valence electrons. The SMILES string of the molecule is CCOC(=O)N1CCN([C@H](C)C(=O)Nc2ccccc2C(F)(F)F)CC1. The maximum Gasteiger partial charge on any atom is 0.418 e. The minimum absolute atomic E-state index is 0.262. The molecule has 1 saturated heterocycles. The summed E-state index contributed by atoms with van der Waals surface area (Å²) in [5.74, 6) is -0.522. The fourth-order valence-corrected chi connectivity index (χ4v) is 2.75. The van der Waals surface area contributed by atoms with Crippen molar-refractivity contribution in [1.29, 1.82) is 0 Å². The highest BCUT2D eigenvalue weighted by atomic mass is 19.4. The van der Waals surface area contributed by atoms with Crippen LogP contribution in [0.1, 0.15) is 19.4 Å². The third-order valence-electron chi connectivity index (χ3n) is 4.26. The second-order valence-corrected chi connectivity index (χ2v) is 5.93. The van der Waals surface area contributed by atoms with Gasteiger partial charge in [0.25, 0.3) is 0 Å². The van der Waals surface area contributed by atoms with E-state index >= 15 is 0 Å². The van der Waals surface area contributed by atoms with Gasteiger partial charge in [-0.15, -0.1) is 0 Å². The van der Waals surface area contributed by atoms with Crippen molar-refractivity contribution in [2.45, 2.75) is 26.1 Å². The maximum absolute atomic E-state index is 13.0. The number of benzene rings is 1. The van der Waals surface area contributed by atoms with Crippen LogP contribution in [-0.4, -0.2) is 60.6 Å². The van der Waals surface area contributed by atoms with Crippen LogP contribution < -0.4 is 5.32 Å². The molecule has 0 radical (unpaired) electrons. The van der Waals surface area contributed by atoms with Crippen LogP contribution in [0.4, 0.5) is 23.7 Å². The Morgan fingerprint density at radius 1 is 1.19 bits per heavy atom. The van der Waals surface area contributed by atoms with Gasteiger partial charge in [-0.3, -0.25) is 9.69 Å². The van der Waals surface area contributed by atoms with Crippen molar-refractivity contribution in [3.63, 3.8) is 0 Å². The molecule has 26 heavy (non-hydrogen) atoms. The average molecular weight is 373 g/mol. The third kappa shape index (κ3) is 4.87. The molecule has 0 unspecified atom stereocenters. The van der Waals surface area contributed by atoms with Gasteiger partial charge in [0.15, 0.2) is 0 Å². The summed E-state index contributed by atoms with van der Waals surface area (Å²) in [4.78, 5) is 27.4. The van der Waals surface area contributed by atoms with Crippen molar-refractivity contribution in [2.75, 3.05) is 38.1 Å². The Morgan fingerprint density at radius 2 is 1.81 bits per heavy atom. The predicted molar refractivity (Wildman–Crippen MR) is 89.7 cm³/mol. The number of amides is 2. The zero-order valence-corrected chi connectivity index (χ0v) is 14.7. The van der Waals surface area contributed by atoms with E-state index in [9.17, 15) is 22.8 Å². The Hall–Kier alpha value is -2.29. The molecule has 1 aliphatic rings. The molecule has 2 amide bonds. The molecule has 0 aliphatic carbocycles. The highest BCUT2D eigenvalue weighted by molar-refractivity contribution is 5.95. The minimum atomic E-state index is -4.54. The van der Waals surface area contributed by atoms with Crippen molar-refractivity contribution < 1.29 is 27.5 Å². The predicted octanol–water partition coefficient (Wildman–Crippen LogP) is 2.81. The molecule has 9 heteroatoms. The lowest BCUT2D eigenvalue weighted by molar-refractivity contribution is -0.137. The molecule has 0 aromatic heterocycles. The van der Waals surface area contributed by atoms with E-state index in [-0.39, 0.29) is 12.3 Å². The number of para-hydroxylation sites is 1. The van der Waals surface area contributed by atoms with E-state index < -0.39 is 29.8 Å². The highest BCUT2D eigenvalue weighted by Gasteiger charge is 2.34. The van der Waals surface area contributed by atoms with Crippen molar-refractivity contribution in [2.24, 2.45) is 0 Å². The van der Waals surface area contributed by atoms with Gasteiger partial charge >= 0.3 is 12.3 Å². The fraction of sp³-hybridized carbons (Fsp3) is 0.529. The Bertz CT molecular complexity index is 644. The number of hydrogen-bond donors (Lipinski definition) is 1. The molecule has 0 saturated carbocycles. The van der Waals surface area contributed by atoms with E-state index in [1.165, 1.54) is 18.2 Å².